The fourth-order valence-corrected chi connectivity index (χ4v) is 2.89. The standard InChI is InChI=1S/C15H17N3S/c1-11-13-10-18(9-12-5-3-2-4-6-12)8-7-14(13)17-15(19)16-11/h2-6H,7-10H2,1H3,(H,16,17,19). The van der Waals surface area contributed by atoms with Gasteiger partial charge in [0.25, 0.3) is 0 Å². The van der Waals surface area contributed by atoms with Crippen molar-refractivity contribution >= 4 is 12.2 Å². The molecule has 0 spiro atoms. The molecular weight excluding hydrogens is 254 g/mol. The van der Waals surface area contributed by atoms with Gasteiger partial charge >= 0.3 is 0 Å². The van der Waals surface area contributed by atoms with Gasteiger partial charge in [0.15, 0.2) is 4.77 Å². The summed E-state index contributed by atoms with van der Waals surface area (Å²) in [5, 5.41) is 0. The number of benzene rings is 1. The summed E-state index contributed by atoms with van der Waals surface area (Å²) in [6.45, 7) is 5.08. The molecule has 1 aliphatic heterocycles. The minimum atomic E-state index is 0.604. The topological polar surface area (TPSA) is 31.9 Å². The van der Waals surface area contributed by atoms with E-state index in [0.29, 0.717) is 4.77 Å². The molecule has 1 aromatic carbocycles. The van der Waals surface area contributed by atoms with Crippen LogP contribution in [0.2, 0.25) is 0 Å². The SMILES string of the molecule is Cc1[nH]c(=S)nc2c1CN(Cc1ccccc1)CC2. The van der Waals surface area contributed by atoms with Gasteiger partial charge in [-0.05, 0) is 24.7 Å². The van der Waals surface area contributed by atoms with Crippen molar-refractivity contribution in [1.29, 1.82) is 0 Å². The van der Waals surface area contributed by atoms with Gasteiger partial charge in [0, 0.05) is 37.3 Å². The molecule has 2 heterocycles. The highest BCUT2D eigenvalue weighted by molar-refractivity contribution is 7.71. The van der Waals surface area contributed by atoms with Crippen LogP contribution in [0, 0.1) is 11.7 Å². The van der Waals surface area contributed by atoms with E-state index in [-0.39, 0.29) is 0 Å². The molecule has 19 heavy (non-hydrogen) atoms. The molecule has 3 rings (SSSR count). The van der Waals surface area contributed by atoms with E-state index >= 15 is 0 Å². The fourth-order valence-electron chi connectivity index (χ4n) is 2.63. The Balaban J connectivity index is 1.81. The Morgan fingerprint density at radius 3 is 2.89 bits per heavy atom. The van der Waals surface area contributed by atoms with Crippen molar-refractivity contribution in [3.63, 3.8) is 0 Å². The summed E-state index contributed by atoms with van der Waals surface area (Å²) >= 11 is 5.14. The molecule has 0 radical (unpaired) electrons. The van der Waals surface area contributed by atoms with Crippen LogP contribution in [0.15, 0.2) is 30.3 Å². The van der Waals surface area contributed by atoms with E-state index in [4.69, 9.17) is 12.2 Å². The van der Waals surface area contributed by atoms with E-state index in [1.165, 1.54) is 16.8 Å². The molecule has 2 aromatic rings. The lowest BCUT2D eigenvalue weighted by Crippen LogP contribution is -2.31. The normalized spacial score (nSPS) is 15.2. The van der Waals surface area contributed by atoms with Crippen LogP contribution in [0.25, 0.3) is 0 Å². The zero-order valence-corrected chi connectivity index (χ0v) is 11.8. The number of hydrogen-bond acceptors (Lipinski definition) is 3. The molecule has 0 bridgehead atoms. The van der Waals surface area contributed by atoms with E-state index in [1.807, 2.05) is 0 Å². The average Bonchev–Trinajstić information content (AvgIpc) is 2.40. The van der Waals surface area contributed by atoms with Gasteiger partial charge in [0.2, 0.25) is 0 Å². The lowest BCUT2D eigenvalue weighted by Gasteiger charge is -2.29. The Kier molecular flexibility index (Phi) is 3.44. The third-order valence-electron chi connectivity index (χ3n) is 3.63. The highest BCUT2D eigenvalue weighted by atomic mass is 32.1. The van der Waals surface area contributed by atoms with E-state index in [0.717, 1.165) is 31.7 Å². The molecule has 0 fully saturated rings. The molecule has 1 aliphatic rings. The summed E-state index contributed by atoms with van der Waals surface area (Å²) in [5.41, 5.74) is 5.01. The first-order valence-corrected chi connectivity index (χ1v) is 6.98. The molecular formula is C15H17N3S. The second-order valence-electron chi connectivity index (χ2n) is 5.04. The molecule has 0 aliphatic carbocycles. The maximum atomic E-state index is 5.14. The molecule has 3 nitrogen and oxygen atoms in total. The number of aromatic nitrogens is 2. The van der Waals surface area contributed by atoms with Gasteiger partial charge in [0.1, 0.15) is 0 Å². The number of nitrogens with one attached hydrogen (secondary N) is 1. The third kappa shape index (κ3) is 2.74. The number of fused-ring (bicyclic) bond motifs is 1. The van der Waals surface area contributed by atoms with Gasteiger partial charge in [-0.25, -0.2) is 4.98 Å². The predicted molar refractivity (Wildman–Crippen MR) is 78.4 cm³/mol. The first kappa shape index (κ1) is 12.5. The zero-order chi connectivity index (χ0) is 13.2. The van der Waals surface area contributed by atoms with Crippen molar-refractivity contribution < 1.29 is 0 Å². The Bertz CT molecular complexity index is 634. The lowest BCUT2D eigenvalue weighted by molar-refractivity contribution is 0.242. The van der Waals surface area contributed by atoms with Crippen LogP contribution in [0.4, 0.5) is 0 Å². The van der Waals surface area contributed by atoms with Gasteiger partial charge in [-0.3, -0.25) is 4.90 Å². The lowest BCUT2D eigenvalue weighted by atomic mass is 10.0. The van der Waals surface area contributed by atoms with Crippen LogP contribution in [0.5, 0.6) is 0 Å². The molecule has 0 amide bonds. The molecule has 1 N–H and O–H groups in total. The molecule has 0 unspecified atom stereocenters. The number of nitrogens with zero attached hydrogens (tertiary/aromatic N) is 2. The largest absolute Gasteiger partial charge is 0.334 e. The van der Waals surface area contributed by atoms with E-state index in [9.17, 15) is 0 Å². The van der Waals surface area contributed by atoms with Crippen LogP contribution in [-0.4, -0.2) is 21.4 Å². The Labute approximate surface area is 118 Å². The van der Waals surface area contributed by atoms with E-state index < -0.39 is 0 Å². The van der Waals surface area contributed by atoms with Gasteiger partial charge in [-0.1, -0.05) is 30.3 Å². The Morgan fingerprint density at radius 1 is 1.32 bits per heavy atom. The highest BCUT2D eigenvalue weighted by Crippen LogP contribution is 2.20. The first-order valence-electron chi connectivity index (χ1n) is 6.57. The van der Waals surface area contributed by atoms with Crippen molar-refractivity contribution in [2.45, 2.75) is 26.4 Å². The number of hydrogen-bond donors (Lipinski definition) is 1. The number of rotatable bonds is 2. The summed E-state index contributed by atoms with van der Waals surface area (Å²) in [4.78, 5) is 10.1. The van der Waals surface area contributed by atoms with Crippen molar-refractivity contribution in [3.8, 4) is 0 Å². The third-order valence-corrected chi connectivity index (χ3v) is 3.82. The summed E-state index contributed by atoms with van der Waals surface area (Å²) in [7, 11) is 0. The number of aryl methyl sites for hydroxylation is 1. The Morgan fingerprint density at radius 2 is 2.11 bits per heavy atom. The molecule has 0 saturated carbocycles. The van der Waals surface area contributed by atoms with Gasteiger partial charge in [0.05, 0.1) is 5.69 Å². The van der Waals surface area contributed by atoms with Crippen molar-refractivity contribution in [2.75, 3.05) is 6.54 Å². The summed E-state index contributed by atoms with van der Waals surface area (Å²) in [5.74, 6) is 0. The van der Waals surface area contributed by atoms with Gasteiger partial charge in [-0.2, -0.15) is 0 Å². The van der Waals surface area contributed by atoms with Crippen molar-refractivity contribution in [3.05, 3.63) is 57.6 Å². The van der Waals surface area contributed by atoms with Crippen LogP contribution in [0.3, 0.4) is 0 Å². The quantitative estimate of drug-likeness (QED) is 0.852. The maximum Gasteiger partial charge on any atom is 0.197 e. The number of aromatic amines is 1. The van der Waals surface area contributed by atoms with Crippen LogP contribution in [0.1, 0.15) is 22.5 Å². The van der Waals surface area contributed by atoms with Gasteiger partial charge in [-0.15, -0.1) is 0 Å². The van der Waals surface area contributed by atoms with E-state index in [2.05, 4.69) is 52.1 Å². The zero-order valence-electron chi connectivity index (χ0n) is 11.0. The monoisotopic (exact) mass is 271 g/mol. The highest BCUT2D eigenvalue weighted by Gasteiger charge is 2.19. The number of H-pyrrole nitrogens is 1. The second kappa shape index (κ2) is 5.23. The summed E-state index contributed by atoms with van der Waals surface area (Å²) < 4.78 is 0.604. The minimum Gasteiger partial charge on any atom is -0.334 e. The van der Waals surface area contributed by atoms with E-state index in [1.54, 1.807) is 0 Å². The maximum absolute atomic E-state index is 5.14. The predicted octanol–water partition coefficient (Wildman–Crippen LogP) is 3.01. The fraction of sp³-hybridized carbons (Fsp3) is 0.333. The van der Waals surface area contributed by atoms with Crippen molar-refractivity contribution in [2.24, 2.45) is 0 Å². The van der Waals surface area contributed by atoms with Crippen LogP contribution >= 0.6 is 12.2 Å². The van der Waals surface area contributed by atoms with Crippen molar-refractivity contribution in [1.82, 2.24) is 14.9 Å². The van der Waals surface area contributed by atoms with Crippen LogP contribution in [-0.2, 0) is 19.5 Å². The molecule has 1 aromatic heterocycles. The molecule has 0 saturated heterocycles. The Hall–Kier alpha value is -1.52. The second-order valence-corrected chi connectivity index (χ2v) is 5.43. The minimum absolute atomic E-state index is 0.604. The molecule has 98 valence electrons. The summed E-state index contributed by atoms with van der Waals surface area (Å²) in [6, 6.07) is 10.6. The molecule has 4 heteroatoms. The van der Waals surface area contributed by atoms with Gasteiger partial charge < -0.3 is 4.98 Å². The average molecular weight is 271 g/mol. The van der Waals surface area contributed by atoms with Crippen LogP contribution < -0.4 is 0 Å². The molecule has 0 atom stereocenters. The smallest absolute Gasteiger partial charge is 0.197 e. The summed E-state index contributed by atoms with van der Waals surface area (Å²) in [6.07, 6.45) is 0.987. The first-order chi connectivity index (χ1) is 9.22.